The molecule has 0 aliphatic rings. The van der Waals surface area contributed by atoms with Crippen molar-refractivity contribution in [2.45, 2.75) is 12.8 Å². The lowest BCUT2D eigenvalue weighted by Crippen LogP contribution is -2.13. The second-order valence-corrected chi connectivity index (χ2v) is 3.33. The highest BCUT2D eigenvalue weighted by atomic mass is 19.1. The summed E-state index contributed by atoms with van der Waals surface area (Å²) in [5, 5.41) is 10.4. The molecule has 0 radical (unpaired) electrons. The molecule has 0 aliphatic heterocycles. The number of carbonyl (C=O) groups excluding carboxylic acids is 1. The number of benzene rings is 1. The predicted octanol–water partition coefficient (Wildman–Crippen LogP) is 2.15. The normalized spacial score (nSPS) is 12.0. The van der Waals surface area contributed by atoms with Crippen LogP contribution >= 0.6 is 0 Å². The summed E-state index contributed by atoms with van der Waals surface area (Å²) in [6.45, 7) is 1.32. The zero-order valence-electron chi connectivity index (χ0n) is 9.07. The van der Waals surface area contributed by atoms with Crippen LogP contribution in [-0.2, 0) is 9.53 Å². The SMILES string of the molecule is COC(=O)[C@H](C)c1cc(F)c([N+](=O)[O-])cc1F. The molecule has 0 fully saturated rings. The summed E-state index contributed by atoms with van der Waals surface area (Å²) in [5.41, 5.74) is -1.25. The van der Waals surface area contributed by atoms with Gasteiger partial charge in [0.1, 0.15) is 5.82 Å². The van der Waals surface area contributed by atoms with Crippen LogP contribution in [0.4, 0.5) is 14.5 Å². The number of methoxy groups -OCH3 is 1. The van der Waals surface area contributed by atoms with Gasteiger partial charge in [0.15, 0.2) is 0 Å². The number of ether oxygens (including phenoxy) is 1. The second kappa shape index (κ2) is 4.86. The number of carbonyl (C=O) groups is 1. The van der Waals surface area contributed by atoms with Crippen LogP contribution in [0.25, 0.3) is 0 Å². The van der Waals surface area contributed by atoms with E-state index >= 15 is 0 Å². The van der Waals surface area contributed by atoms with Gasteiger partial charge in [-0.2, -0.15) is 4.39 Å². The first-order valence-electron chi connectivity index (χ1n) is 4.59. The summed E-state index contributed by atoms with van der Waals surface area (Å²) in [4.78, 5) is 20.5. The fourth-order valence-electron chi connectivity index (χ4n) is 1.33. The van der Waals surface area contributed by atoms with E-state index in [2.05, 4.69) is 4.74 Å². The maximum Gasteiger partial charge on any atom is 0.312 e. The smallest absolute Gasteiger partial charge is 0.312 e. The first-order valence-corrected chi connectivity index (χ1v) is 4.59. The lowest BCUT2D eigenvalue weighted by molar-refractivity contribution is -0.387. The Kier molecular flexibility index (Phi) is 3.72. The highest BCUT2D eigenvalue weighted by molar-refractivity contribution is 5.77. The molecule has 1 atom stereocenters. The third kappa shape index (κ3) is 2.55. The van der Waals surface area contributed by atoms with Gasteiger partial charge in [-0.1, -0.05) is 0 Å². The van der Waals surface area contributed by atoms with Crippen LogP contribution in [0.3, 0.4) is 0 Å². The molecule has 0 heterocycles. The Hall–Kier alpha value is -2.05. The van der Waals surface area contributed by atoms with E-state index in [0.717, 1.165) is 7.11 Å². The second-order valence-electron chi connectivity index (χ2n) is 3.33. The zero-order chi connectivity index (χ0) is 13.2. The number of esters is 1. The van der Waals surface area contributed by atoms with Crippen molar-refractivity contribution in [3.8, 4) is 0 Å². The van der Waals surface area contributed by atoms with Gasteiger partial charge in [-0.25, -0.2) is 4.39 Å². The molecule has 0 aliphatic carbocycles. The Labute approximate surface area is 95.2 Å². The molecule has 17 heavy (non-hydrogen) atoms. The van der Waals surface area contributed by atoms with Crippen molar-refractivity contribution in [3.05, 3.63) is 39.4 Å². The molecule has 5 nitrogen and oxygen atoms in total. The summed E-state index contributed by atoms with van der Waals surface area (Å²) >= 11 is 0. The largest absolute Gasteiger partial charge is 0.469 e. The Morgan fingerprint density at radius 1 is 1.41 bits per heavy atom. The summed E-state index contributed by atoms with van der Waals surface area (Å²) in [7, 11) is 1.11. The van der Waals surface area contributed by atoms with E-state index in [0.29, 0.717) is 12.1 Å². The van der Waals surface area contributed by atoms with Crippen molar-refractivity contribution in [2.24, 2.45) is 0 Å². The molecule has 1 rings (SSSR count). The topological polar surface area (TPSA) is 69.4 Å². The number of rotatable bonds is 3. The van der Waals surface area contributed by atoms with E-state index < -0.39 is 34.1 Å². The van der Waals surface area contributed by atoms with Crippen molar-refractivity contribution in [3.63, 3.8) is 0 Å². The minimum Gasteiger partial charge on any atom is -0.469 e. The summed E-state index contributed by atoms with van der Waals surface area (Å²) in [6.07, 6.45) is 0. The minimum atomic E-state index is -1.19. The molecule has 0 aromatic heterocycles. The molecular weight excluding hydrogens is 236 g/mol. The molecule has 0 saturated heterocycles. The van der Waals surface area contributed by atoms with Crippen molar-refractivity contribution < 1.29 is 23.2 Å². The Morgan fingerprint density at radius 2 is 2.00 bits per heavy atom. The van der Waals surface area contributed by atoms with Crippen LogP contribution in [0, 0.1) is 21.7 Å². The number of hydrogen-bond donors (Lipinski definition) is 0. The van der Waals surface area contributed by atoms with Crippen molar-refractivity contribution in [2.75, 3.05) is 7.11 Å². The highest BCUT2D eigenvalue weighted by Gasteiger charge is 2.25. The van der Waals surface area contributed by atoms with E-state index in [1.807, 2.05) is 0 Å². The van der Waals surface area contributed by atoms with E-state index in [4.69, 9.17) is 0 Å². The first kappa shape index (κ1) is 13.0. The third-order valence-electron chi connectivity index (χ3n) is 2.28. The summed E-state index contributed by atoms with van der Waals surface area (Å²) in [5.74, 6) is -3.99. The molecule has 7 heteroatoms. The maximum absolute atomic E-state index is 13.5. The van der Waals surface area contributed by atoms with Crippen LogP contribution in [0.15, 0.2) is 12.1 Å². The lowest BCUT2D eigenvalue weighted by atomic mass is 10.00. The van der Waals surface area contributed by atoms with E-state index in [1.165, 1.54) is 6.92 Å². The summed E-state index contributed by atoms with van der Waals surface area (Å²) < 4.78 is 31.1. The molecular formula is C10H9F2NO4. The Balaban J connectivity index is 3.24. The fraction of sp³-hybridized carbons (Fsp3) is 0.300. The van der Waals surface area contributed by atoms with Crippen LogP contribution < -0.4 is 0 Å². The first-order chi connectivity index (χ1) is 7.88. The molecule has 0 amide bonds. The van der Waals surface area contributed by atoms with E-state index in [1.54, 1.807) is 0 Å². The Morgan fingerprint density at radius 3 is 2.47 bits per heavy atom. The Bertz CT molecular complexity index is 476. The number of halogens is 2. The van der Waals surface area contributed by atoms with Gasteiger partial charge in [0, 0.05) is 5.56 Å². The molecule has 0 bridgehead atoms. The molecule has 1 aromatic carbocycles. The monoisotopic (exact) mass is 245 g/mol. The number of hydrogen-bond acceptors (Lipinski definition) is 4. The van der Waals surface area contributed by atoms with Gasteiger partial charge in [0.25, 0.3) is 0 Å². The molecule has 0 N–H and O–H groups in total. The predicted molar refractivity (Wildman–Crippen MR) is 53.4 cm³/mol. The standard InChI is InChI=1S/C10H9F2NO4/c1-5(10(14)17-2)6-3-8(12)9(13(15)16)4-7(6)11/h3-5H,1-2H3/t5-/m1/s1. The summed E-state index contributed by atoms with van der Waals surface area (Å²) in [6, 6.07) is 1.08. The molecule has 0 unspecified atom stereocenters. The number of nitro groups is 1. The molecule has 1 aromatic rings. The van der Waals surface area contributed by atoms with E-state index in [-0.39, 0.29) is 5.56 Å². The van der Waals surface area contributed by atoms with Gasteiger partial charge in [0.2, 0.25) is 5.82 Å². The van der Waals surface area contributed by atoms with Gasteiger partial charge < -0.3 is 4.74 Å². The molecule has 0 saturated carbocycles. The molecule has 0 spiro atoms. The van der Waals surface area contributed by atoms with Gasteiger partial charge >= 0.3 is 11.7 Å². The maximum atomic E-state index is 13.5. The quantitative estimate of drug-likeness (QED) is 0.464. The van der Waals surface area contributed by atoms with Crippen LogP contribution in [0.5, 0.6) is 0 Å². The highest BCUT2D eigenvalue weighted by Crippen LogP contribution is 2.26. The number of nitro benzene ring substituents is 1. The van der Waals surface area contributed by atoms with E-state index in [9.17, 15) is 23.7 Å². The zero-order valence-corrected chi connectivity index (χ0v) is 9.07. The third-order valence-corrected chi connectivity index (χ3v) is 2.28. The fourth-order valence-corrected chi connectivity index (χ4v) is 1.33. The van der Waals surface area contributed by atoms with Crippen LogP contribution in [0.1, 0.15) is 18.4 Å². The average Bonchev–Trinajstić information content (AvgIpc) is 2.29. The van der Waals surface area contributed by atoms with Gasteiger partial charge in [-0.05, 0) is 13.0 Å². The van der Waals surface area contributed by atoms with Crippen molar-refractivity contribution in [1.82, 2.24) is 0 Å². The van der Waals surface area contributed by atoms with Crippen LogP contribution in [-0.4, -0.2) is 18.0 Å². The van der Waals surface area contributed by atoms with Crippen molar-refractivity contribution >= 4 is 11.7 Å². The minimum absolute atomic E-state index is 0.278. The molecule has 92 valence electrons. The van der Waals surface area contributed by atoms with Gasteiger partial charge in [0.05, 0.1) is 24.0 Å². The van der Waals surface area contributed by atoms with Gasteiger partial charge in [-0.15, -0.1) is 0 Å². The lowest BCUT2D eigenvalue weighted by Gasteiger charge is -2.10. The van der Waals surface area contributed by atoms with Crippen LogP contribution in [0.2, 0.25) is 0 Å². The van der Waals surface area contributed by atoms with Crippen molar-refractivity contribution in [1.29, 1.82) is 0 Å². The number of nitrogens with zero attached hydrogens (tertiary/aromatic N) is 1. The van der Waals surface area contributed by atoms with Gasteiger partial charge in [-0.3, -0.25) is 14.9 Å². The average molecular weight is 245 g/mol.